The normalized spacial score (nSPS) is 10.5. The van der Waals surface area contributed by atoms with E-state index in [9.17, 15) is 0 Å². The van der Waals surface area contributed by atoms with Gasteiger partial charge >= 0.3 is 0 Å². The maximum atomic E-state index is 5.16. The third-order valence-corrected chi connectivity index (χ3v) is 1.06. The van der Waals surface area contributed by atoms with Crippen LogP contribution in [-0.4, -0.2) is 25.0 Å². The minimum Gasteiger partial charge on any atom is -0.326 e. The van der Waals surface area contributed by atoms with Crippen molar-refractivity contribution in [3.05, 3.63) is 13.5 Å². The summed E-state index contributed by atoms with van der Waals surface area (Å²) in [6.07, 6.45) is 0.950. The molecule has 0 bridgehead atoms. The zero-order valence-electron chi connectivity index (χ0n) is 5.43. The highest BCUT2D eigenvalue weighted by atomic mass is 15.1. The molecular formula is C6H14N2. The molecular weight excluding hydrogens is 100 g/mol. The van der Waals surface area contributed by atoms with Crippen LogP contribution in [0.4, 0.5) is 0 Å². The first-order valence-electron chi connectivity index (χ1n) is 2.82. The van der Waals surface area contributed by atoms with E-state index in [4.69, 9.17) is 5.73 Å². The Morgan fingerprint density at radius 3 is 2.75 bits per heavy atom. The molecule has 2 radical (unpaired) electrons. The summed E-state index contributed by atoms with van der Waals surface area (Å²) in [5, 5.41) is 0. The molecule has 0 aliphatic rings. The van der Waals surface area contributed by atoms with E-state index in [0.717, 1.165) is 19.5 Å². The number of nitrogens with zero attached hydrogens (tertiary/aromatic N) is 1. The van der Waals surface area contributed by atoms with Crippen LogP contribution in [0, 0.1) is 13.5 Å². The first-order chi connectivity index (χ1) is 3.81. The Kier molecular flexibility index (Phi) is 5.01. The van der Waals surface area contributed by atoms with Gasteiger partial charge in [0, 0.05) is 6.54 Å². The summed E-state index contributed by atoms with van der Waals surface area (Å²) in [5.41, 5.74) is 5.16. The quantitative estimate of drug-likeness (QED) is 0.568. The van der Waals surface area contributed by atoms with Crippen molar-refractivity contribution < 1.29 is 0 Å². The van der Waals surface area contributed by atoms with Crippen LogP contribution in [-0.2, 0) is 0 Å². The van der Waals surface area contributed by atoms with E-state index in [-0.39, 0.29) is 0 Å². The molecule has 8 heavy (non-hydrogen) atoms. The van der Waals surface area contributed by atoms with E-state index < -0.39 is 0 Å². The van der Waals surface area contributed by atoms with Crippen molar-refractivity contribution >= 4 is 0 Å². The number of rotatable bonds is 4. The lowest BCUT2D eigenvalue weighted by Gasteiger charge is -2.11. The van der Waals surface area contributed by atoms with Crippen molar-refractivity contribution in [2.45, 2.75) is 6.42 Å². The van der Waals surface area contributed by atoms with Gasteiger partial charge in [0.05, 0.1) is 0 Å². The third-order valence-electron chi connectivity index (χ3n) is 1.06. The molecule has 2 heteroatoms. The van der Waals surface area contributed by atoms with Gasteiger partial charge in [0.15, 0.2) is 0 Å². The minimum absolute atomic E-state index is 0.855. The highest BCUT2D eigenvalue weighted by Gasteiger charge is 1.89. The summed E-state index contributed by atoms with van der Waals surface area (Å²) in [7, 11) is 2.02. The molecule has 0 rings (SSSR count). The Morgan fingerprint density at radius 2 is 2.38 bits per heavy atom. The van der Waals surface area contributed by atoms with Gasteiger partial charge in [-0.05, 0) is 33.5 Å². The van der Waals surface area contributed by atoms with Crippen LogP contribution in [0.2, 0.25) is 0 Å². The van der Waals surface area contributed by atoms with Crippen LogP contribution in [0.3, 0.4) is 0 Å². The summed E-state index contributed by atoms with van der Waals surface area (Å²) in [6, 6.07) is 0. The van der Waals surface area contributed by atoms with Crippen LogP contribution in [0.5, 0.6) is 0 Å². The number of nitrogens with two attached hydrogens (primary N) is 1. The molecule has 2 nitrogen and oxygen atoms in total. The molecule has 0 amide bonds. The minimum atomic E-state index is 0.855. The summed E-state index contributed by atoms with van der Waals surface area (Å²) < 4.78 is 0. The molecule has 0 heterocycles. The molecule has 0 aliphatic heterocycles. The Labute approximate surface area is 51.7 Å². The summed E-state index contributed by atoms with van der Waals surface area (Å²) in [5.74, 6) is 0. The van der Waals surface area contributed by atoms with Gasteiger partial charge in [-0.15, -0.1) is 0 Å². The largest absolute Gasteiger partial charge is 0.326 e. The monoisotopic (exact) mass is 114 g/mol. The van der Waals surface area contributed by atoms with Crippen molar-refractivity contribution in [3.63, 3.8) is 0 Å². The molecule has 0 aromatic carbocycles. The van der Waals surface area contributed by atoms with Crippen molar-refractivity contribution in [1.29, 1.82) is 0 Å². The maximum Gasteiger partial charge on any atom is 0.0205 e. The predicted molar refractivity (Wildman–Crippen MR) is 36.0 cm³/mol. The molecule has 0 saturated carbocycles. The Bertz CT molecular complexity index is 45.8. The van der Waals surface area contributed by atoms with Gasteiger partial charge in [0.25, 0.3) is 0 Å². The molecule has 0 spiro atoms. The van der Waals surface area contributed by atoms with Gasteiger partial charge in [-0.3, -0.25) is 0 Å². The standard InChI is InChI=1S/C6H14N2/c1-3-8(2)6-4-5-7/h5H,1,3-4,6-7H2,2H3. The van der Waals surface area contributed by atoms with E-state index in [2.05, 4.69) is 11.8 Å². The average Bonchev–Trinajstić information content (AvgIpc) is 1.83. The van der Waals surface area contributed by atoms with E-state index in [0.29, 0.717) is 0 Å². The molecule has 0 aliphatic carbocycles. The summed E-state index contributed by atoms with van der Waals surface area (Å²) in [4.78, 5) is 2.11. The molecule has 48 valence electrons. The van der Waals surface area contributed by atoms with Crippen LogP contribution >= 0.6 is 0 Å². The van der Waals surface area contributed by atoms with Gasteiger partial charge in [-0.1, -0.05) is 0 Å². The van der Waals surface area contributed by atoms with E-state index in [1.54, 1.807) is 6.54 Å². The van der Waals surface area contributed by atoms with Crippen LogP contribution < -0.4 is 5.73 Å². The van der Waals surface area contributed by atoms with E-state index in [1.165, 1.54) is 0 Å². The lowest BCUT2D eigenvalue weighted by atomic mass is 10.4. The van der Waals surface area contributed by atoms with Crippen molar-refractivity contribution in [2.75, 3.05) is 20.1 Å². The molecule has 0 unspecified atom stereocenters. The Hall–Kier alpha value is -0.0800. The average molecular weight is 114 g/mol. The Morgan fingerprint density at radius 1 is 1.75 bits per heavy atom. The van der Waals surface area contributed by atoms with Gasteiger partial charge in [-0.2, -0.15) is 0 Å². The van der Waals surface area contributed by atoms with Crippen LogP contribution in [0.1, 0.15) is 6.42 Å². The second-order valence-electron chi connectivity index (χ2n) is 1.83. The zero-order chi connectivity index (χ0) is 6.41. The van der Waals surface area contributed by atoms with Gasteiger partial charge < -0.3 is 10.6 Å². The van der Waals surface area contributed by atoms with Crippen molar-refractivity contribution in [3.8, 4) is 0 Å². The highest BCUT2D eigenvalue weighted by Crippen LogP contribution is 1.84. The van der Waals surface area contributed by atoms with Gasteiger partial charge in [0.2, 0.25) is 0 Å². The second kappa shape index (κ2) is 5.06. The molecule has 0 fully saturated rings. The summed E-state index contributed by atoms with van der Waals surface area (Å²) >= 11 is 0. The van der Waals surface area contributed by atoms with E-state index in [1.807, 2.05) is 7.05 Å². The number of hydrogen-bond acceptors (Lipinski definition) is 2. The fourth-order valence-electron chi connectivity index (χ4n) is 0.407. The lowest BCUT2D eigenvalue weighted by molar-refractivity contribution is 0.372. The summed E-state index contributed by atoms with van der Waals surface area (Å²) in [6.45, 7) is 7.25. The molecule has 2 N–H and O–H groups in total. The fraction of sp³-hybridized carbons (Fsp3) is 0.667. The van der Waals surface area contributed by atoms with Crippen molar-refractivity contribution in [1.82, 2.24) is 4.90 Å². The third kappa shape index (κ3) is 4.09. The molecule has 0 aromatic heterocycles. The van der Waals surface area contributed by atoms with E-state index >= 15 is 0 Å². The van der Waals surface area contributed by atoms with Gasteiger partial charge in [0.1, 0.15) is 0 Å². The molecule has 0 saturated heterocycles. The highest BCUT2D eigenvalue weighted by molar-refractivity contribution is 4.58. The first-order valence-corrected chi connectivity index (χ1v) is 2.82. The maximum absolute atomic E-state index is 5.16. The fourth-order valence-corrected chi connectivity index (χ4v) is 0.407. The number of hydrogen-bond donors (Lipinski definition) is 1. The zero-order valence-corrected chi connectivity index (χ0v) is 5.43. The van der Waals surface area contributed by atoms with Crippen LogP contribution in [0.25, 0.3) is 0 Å². The first kappa shape index (κ1) is 7.92. The SMILES string of the molecule is [CH2]CN(C)CC[CH]N. The molecule has 0 aromatic rings. The smallest absolute Gasteiger partial charge is 0.0205 e. The Balaban J connectivity index is 2.86. The van der Waals surface area contributed by atoms with Crippen molar-refractivity contribution in [2.24, 2.45) is 5.73 Å². The lowest BCUT2D eigenvalue weighted by Crippen LogP contribution is -2.19. The van der Waals surface area contributed by atoms with Crippen LogP contribution in [0.15, 0.2) is 0 Å². The second-order valence-corrected chi connectivity index (χ2v) is 1.83. The molecule has 0 atom stereocenters. The van der Waals surface area contributed by atoms with Gasteiger partial charge in [-0.25, -0.2) is 0 Å². The topological polar surface area (TPSA) is 29.3 Å². The predicted octanol–water partition coefficient (Wildman–Crippen LogP) is 0.263.